The van der Waals surface area contributed by atoms with Crippen LogP contribution in [0.15, 0.2) is 46.3 Å². The molecule has 0 bridgehead atoms. The highest BCUT2D eigenvalue weighted by atomic mass is 35.5. The van der Waals surface area contributed by atoms with E-state index < -0.39 is 0 Å². The Bertz CT molecular complexity index is 1080. The second-order valence-electron chi connectivity index (χ2n) is 4.87. The third-order valence-electron chi connectivity index (χ3n) is 3.38. The highest BCUT2D eigenvalue weighted by molar-refractivity contribution is 7.98. The van der Waals surface area contributed by atoms with E-state index in [1.165, 1.54) is 23.5 Å². The number of halogens is 1. The monoisotopic (exact) mass is 360 g/mol. The van der Waals surface area contributed by atoms with Gasteiger partial charge in [-0.25, -0.2) is 4.98 Å². The van der Waals surface area contributed by atoms with Crippen LogP contribution in [0.3, 0.4) is 0 Å². The fourth-order valence-corrected chi connectivity index (χ4v) is 3.88. The Balaban J connectivity index is 1.67. The zero-order valence-corrected chi connectivity index (χ0v) is 14.0. The van der Waals surface area contributed by atoms with Crippen molar-refractivity contribution in [1.29, 1.82) is 0 Å². The number of nitrogens with one attached hydrogen (secondary N) is 1. The van der Waals surface area contributed by atoms with E-state index in [1.807, 2.05) is 18.2 Å². The van der Waals surface area contributed by atoms with E-state index in [1.54, 1.807) is 18.2 Å². The third-order valence-corrected chi connectivity index (χ3v) is 5.08. The van der Waals surface area contributed by atoms with Crippen LogP contribution in [0.25, 0.3) is 21.9 Å². The first-order chi connectivity index (χ1) is 11.2. The highest BCUT2D eigenvalue weighted by Crippen LogP contribution is 2.25. The molecule has 23 heavy (non-hydrogen) atoms. The smallest absolute Gasteiger partial charge is 0.259 e. The molecule has 0 spiro atoms. The summed E-state index contributed by atoms with van der Waals surface area (Å²) in [6.45, 7) is 0. The Morgan fingerprint density at radius 3 is 3.00 bits per heavy atom. The summed E-state index contributed by atoms with van der Waals surface area (Å²) in [6.07, 6.45) is 0. The van der Waals surface area contributed by atoms with Gasteiger partial charge in [0.2, 0.25) is 0 Å². The van der Waals surface area contributed by atoms with Crippen LogP contribution in [0.1, 0.15) is 5.56 Å². The van der Waals surface area contributed by atoms with Gasteiger partial charge in [-0.1, -0.05) is 35.5 Å². The molecule has 1 N–H and O–H groups in total. The van der Waals surface area contributed by atoms with Gasteiger partial charge in [-0.2, -0.15) is 8.75 Å². The molecule has 4 rings (SSSR count). The predicted octanol–water partition coefficient (Wildman–Crippen LogP) is 3.87. The van der Waals surface area contributed by atoms with E-state index in [2.05, 4.69) is 18.7 Å². The summed E-state index contributed by atoms with van der Waals surface area (Å²) in [5, 5.41) is 1.59. The molecule has 0 saturated heterocycles. The first-order valence-electron chi connectivity index (χ1n) is 6.73. The lowest BCUT2D eigenvalue weighted by Gasteiger charge is -2.04. The number of aromatic nitrogens is 4. The molecule has 114 valence electrons. The maximum Gasteiger partial charge on any atom is 0.259 e. The molecule has 0 radical (unpaired) electrons. The van der Waals surface area contributed by atoms with Crippen LogP contribution in [0.2, 0.25) is 5.02 Å². The van der Waals surface area contributed by atoms with E-state index in [9.17, 15) is 4.79 Å². The molecule has 8 heteroatoms. The Morgan fingerprint density at radius 1 is 1.17 bits per heavy atom. The summed E-state index contributed by atoms with van der Waals surface area (Å²) in [5.41, 5.74) is 3.31. The summed E-state index contributed by atoms with van der Waals surface area (Å²) in [4.78, 5) is 19.4. The van der Waals surface area contributed by atoms with Crippen LogP contribution in [0.5, 0.6) is 0 Å². The van der Waals surface area contributed by atoms with Gasteiger partial charge in [0.25, 0.3) is 5.56 Å². The molecular weight excluding hydrogens is 352 g/mol. The number of hydrogen-bond donors (Lipinski definition) is 1. The number of aromatic amines is 1. The maximum atomic E-state index is 12.1. The second-order valence-corrected chi connectivity index (χ2v) is 6.80. The predicted molar refractivity (Wildman–Crippen MR) is 94.3 cm³/mol. The molecule has 0 saturated carbocycles. The molecule has 0 unspecified atom stereocenters. The minimum atomic E-state index is -0.187. The Morgan fingerprint density at radius 2 is 2.09 bits per heavy atom. The molecule has 0 atom stereocenters. The van der Waals surface area contributed by atoms with E-state index in [0.717, 1.165) is 16.6 Å². The normalized spacial score (nSPS) is 11.3. The molecule has 5 nitrogen and oxygen atoms in total. The van der Waals surface area contributed by atoms with E-state index in [-0.39, 0.29) is 5.56 Å². The molecule has 4 aromatic rings. The minimum absolute atomic E-state index is 0.187. The molecule has 2 aromatic heterocycles. The number of thioether (sulfide) groups is 1. The summed E-state index contributed by atoms with van der Waals surface area (Å²) in [7, 11) is 0. The largest absolute Gasteiger partial charge is 0.301 e. The van der Waals surface area contributed by atoms with E-state index in [4.69, 9.17) is 11.6 Å². The van der Waals surface area contributed by atoms with Gasteiger partial charge in [0.1, 0.15) is 11.0 Å². The van der Waals surface area contributed by atoms with Gasteiger partial charge in [-0.05, 0) is 29.8 Å². The van der Waals surface area contributed by atoms with Crippen molar-refractivity contribution in [2.45, 2.75) is 10.9 Å². The van der Waals surface area contributed by atoms with Crippen molar-refractivity contribution in [3.05, 3.63) is 57.3 Å². The summed E-state index contributed by atoms with van der Waals surface area (Å²) >= 11 is 8.58. The topological polar surface area (TPSA) is 71.5 Å². The summed E-state index contributed by atoms with van der Waals surface area (Å²) in [6, 6.07) is 11.0. The van der Waals surface area contributed by atoms with Gasteiger partial charge in [-0.3, -0.25) is 4.79 Å². The first-order valence-corrected chi connectivity index (χ1v) is 8.82. The van der Waals surface area contributed by atoms with Crippen LogP contribution in [-0.2, 0) is 5.75 Å². The minimum Gasteiger partial charge on any atom is -0.301 e. The highest BCUT2D eigenvalue weighted by Gasteiger charge is 2.08. The van der Waals surface area contributed by atoms with Crippen molar-refractivity contribution < 1.29 is 0 Å². The van der Waals surface area contributed by atoms with Crippen LogP contribution in [0.4, 0.5) is 0 Å². The zero-order chi connectivity index (χ0) is 15.8. The number of H-pyrrole nitrogens is 1. The third kappa shape index (κ3) is 2.83. The summed E-state index contributed by atoms with van der Waals surface area (Å²) < 4.78 is 8.55. The maximum absolute atomic E-state index is 12.1. The van der Waals surface area contributed by atoms with Gasteiger partial charge in [-0.15, -0.1) is 0 Å². The Labute approximate surface area is 144 Å². The molecule has 0 aliphatic heterocycles. The van der Waals surface area contributed by atoms with E-state index in [0.29, 0.717) is 26.8 Å². The van der Waals surface area contributed by atoms with Crippen molar-refractivity contribution in [2.75, 3.05) is 0 Å². The van der Waals surface area contributed by atoms with Crippen molar-refractivity contribution in [2.24, 2.45) is 0 Å². The van der Waals surface area contributed by atoms with Crippen LogP contribution < -0.4 is 5.56 Å². The van der Waals surface area contributed by atoms with Gasteiger partial charge >= 0.3 is 0 Å². The van der Waals surface area contributed by atoms with Gasteiger partial charge < -0.3 is 4.98 Å². The lowest BCUT2D eigenvalue weighted by molar-refractivity contribution is 0.974. The van der Waals surface area contributed by atoms with Gasteiger partial charge in [0.15, 0.2) is 5.16 Å². The summed E-state index contributed by atoms with van der Waals surface area (Å²) in [5.74, 6) is 0.658. The number of fused-ring (bicyclic) bond motifs is 2. The Kier molecular flexibility index (Phi) is 3.76. The van der Waals surface area contributed by atoms with Crippen LogP contribution >= 0.6 is 35.1 Å². The van der Waals surface area contributed by atoms with E-state index >= 15 is 0 Å². The Hall–Kier alpha value is -1.96. The fourth-order valence-electron chi connectivity index (χ4n) is 2.28. The van der Waals surface area contributed by atoms with Crippen molar-refractivity contribution in [3.8, 4) is 0 Å². The molecule has 0 aliphatic carbocycles. The average Bonchev–Trinajstić information content (AvgIpc) is 3.03. The SMILES string of the molecule is O=c1[nH]c(SCc2cccc3nsnc23)nc2ccc(Cl)cc12. The molecule has 0 amide bonds. The molecular formula is C15H9ClN4OS2. The quantitative estimate of drug-likeness (QED) is 0.443. The first kappa shape index (κ1) is 14.6. The average molecular weight is 361 g/mol. The number of benzene rings is 2. The van der Waals surface area contributed by atoms with Gasteiger partial charge in [0, 0.05) is 10.8 Å². The number of rotatable bonds is 3. The number of nitrogens with zero attached hydrogens (tertiary/aromatic N) is 3. The van der Waals surface area contributed by atoms with Crippen molar-refractivity contribution in [3.63, 3.8) is 0 Å². The van der Waals surface area contributed by atoms with Gasteiger partial charge in [0.05, 0.1) is 22.6 Å². The zero-order valence-electron chi connectivity index (χ0n) is 11.6. The molecule has 2 aromatic carbocycles. The number of hydrogen-bond acceptors (Lipinski definition) is 6. The van der Waals surface area contributed by atoms with Crippen LogP contribution in [-0.4, -0.2) is 18.7 Å². The molecule has 2 heterocycles. The standard InChI is InChI=1S/C15H9ClN4OS2/c16-9-4-5-11-10(6-9)14(21)18-15(17-11)22-7-8-2-1-3-12-13(8)20-23-19-12/h1-6H,7H2,(H,17,18,21). The van der Waals surface area contributed by atoms with Crippen LogP contribution in [0, 0.1) is 0 Å². The fraction of sp³-hybridized carbons (Fsp3) is 0.0667. The van der Waals surface area contributed by atoms with Crippen molar-refractivity contribution >= 4 is 57.0 Å². The second kappa shape index (κ2) is 5.92. The van der Waals surface area contributed by atoms with Crippen molar-refractivity contribution in [1.82, 2.24) is 18.7 Å². The molecule has 0 aliphatic rings. The molecule has 0 fully saturated rings. The lowest BCUT2D eigenvalue weighted by atomic mass is 10.2. The lowest BCUT2D eigenvalue weighted by Crippen LogP contribution is -2.09.